The normalized spacial score (nSPS) is 10.0. The molecule has 0 radical (unpaired) electrons. The van der Waals surface area contributed by atoms with E-state index in [0.717, 1.165) is 18.7 Å². The Bertz CT molecular complexity index is 385. The number of rotatable bonds is 6. The molecule has 0 fully saturated rings. The Kier molecular flexibility index (Phi) is 5.62. The van der Waals surface area contributed by atoms with Crippen molar-refractivity contribution in [3.05, 3.63) is 17.8 Å². The summed E-state index contributed by atoms with van der Waals surface area (Å²) < 4.78 is 4.64. The van der Waals surface area contributed by atoms with Crippen LogP contribution in [0.5, 0.6) is 0 Å². The number of pyridine rings is 1. The Labute approximate surface area is 105 Å². The van der Waals surface area contributed by atoms with E-state index >= 15 is 0 Å². The van der Waals surface area contributed by atoms with E-state index in [4.69, 9.17) is 5.73 Å². The van der Waals surface area contributed by atoms with Gasteiger partial charge in [0, 0.05) is 12.7 Å². The number of aromatic nitrogens is 1. The molecular weight excluding hydrogens is 238 g/mol. The van der Waals surface area contributed by atoms with Crippen LogP contribution in [0.2, 0.25) is 0 Å². The number of ether oxygens (including phenoxy) is 1. The molecule has 0 spiro atoms. The van der Waals surface area contributed by atoms with Crippen LogP contribution < -0.4 is 11.1 Å². The van der Waals surface area contributed by atoms with E-state index in [9.17, 15) is 4.79 Å². The summed E-state index contributed by atoms with van der Waals surface area (Å²) in [5.74, 6) is 1.16. The maximum absolute atomic E-state index is 11.4. The van der Waals surface area contributed by atoms with Crippen LogP contribution in [0.25, 0.3) is 0 Å². The molecule has 0 aliphatic heterocycles. The lowest BCUT2D eigenvalue weighted by Crippen LogP contribution is -2.11. The zero-order valence-electron chi connectivity index (χ0n) is 10.0. The van der Waals surface area contributed by atoms with Crippen molar-refractivity contribution in [3.63, 3.8) is 0 Å². The van der Waals surface area contributed by atoms with Gasteiger partial charge in [-0.25, -0.2) is 9.78 Å². The second-order valence-electron chi connectivity index (χ2n) is 3.39. The Balaban J connectivity index is 2.70. The summed E-state index contributed by atoms with van der Waals surface area (Å²) in [6, 6.07) is 1.55. The molecule has 3 N–H and O–H groups in total. The first-order chi connectivity index (χ1) is 8.20. The molecule has 0 saturated heterocycles. The third-order valence-electron chi connectivity index (χ3n) is 2.21. The van der Waals surface area contributed by atoms with Gasteiger partial charge in [-0.2, -0.15) is 11.8 Å². The van der Waals surface area contributed by atoms with Crippen LogP contribution in [0.15, 0.2) is 12.3 Å². The molecule has 0 amide bonds. The molecule has 1 aromatic heterocycles. The second-order valence-corrected chi connectivity index (χ2v) is 4.37. The molecule has 0 unspecified atom stereocenters. The number of thioether (sulfide) groups is 1. The van der Waals surface area contributed by atoms with Crippen molar-refractivity contribution >= 4 is 29.2 Å². The van der Waals surface area contributed by atoms with Crippen molar-refractivity contribution in [2.24, 2.45) is 0 Å². The van der Waals surface area contributed by atoms with Crippen molar-refractivity contribution in [2.45, 2.75) is 6.42 Å². The number of methoxy groups -OCH3 is 1. The molecule has 17 heavy (non-hydrogen) atoms. The van der Waals surface area contributed by atoms with Crippen LogP contribution in [-0.4, -0.2) is 36.6 Å². The molecule has 5 nitrogen and oxygen atoms in total. The van der Waals surface area contributed by atoms with Crippen molar-refractivity contribution in [1.82, 2.24) is 4.98 Å². The number of esters is 1. The molecule has 0 aromatic carbocycles. The summed E-state index contributed by atoms with van der Waals surface area (Å²) in [5.41, 5.74) is 6.52. The van der Waals surface area contributed by atoms with Gasteiger partial charge in [-0.3, -0.25) is 0 Å². The van der Waals surface area contributed by atoms with Crippen molar-refractivity contribution < 1.29 is 9.53 Å². The van der Waals surface area contributed by atoms with Crippen molar-refractivity contribution in [1.29, 1.82) is 0 Å². The zero-order valence-corrected chi connectivity index (χ0v) is 10.8. The van der Waals surface area contributed by atoms with Gasteiger partial charge in [-0.1, -0.05) is 0 Å². The molecule has 6 heteroatoms. The lowest BCUT2D eigenvalue weighted by Gasteiger charge is -2.10. The number of nitrogen functional groups attached to an aromatic ring is 1. The molecule has 0 aliphatic rings. The van der Waals surface area contributed by atoms with E-state index in [1.165, 1.54) is 7.11 Å². The first-order valence-electron chi connectivity index (χ1n) is 5.26. The Morgan fingerprint density at radius 3 is 3.06 bits per heavy atom. The highest BCUT2D eigenvalue weighted by atomic mass is 32.2. The highest BCUT2D eigenvalue weighted by Gasteiger charge is 2.13. The Morgan fingerprint density at radius 2 is 2.41 bits per heavy atom. The number of nitrogens with zero attached hydrogens (tertiary/aromatic N) is 1. The van der Waals surface area contributed by atoms with Crippen LogP contribution >= 0.6 is 11.8 Å². The molecule has 0 aliphatic carbocycles. The van der Waals surface area contributed by atoms with Crippen LogP contribution in [-0.2, 0) is 4.74 Å². The standard InChI is InChI=1S/C11H17N3O2S/c1-16-11(15)8-4-6-14-10(9(8)12)13-5-3-7-17-2/h4,6H,3,5,7,12H2,1-2H3,(H,13,14). The van der Waals surface area contributed by atoms with Gasteiger partial charge in [0.25, 0.3) is 0 Å². The second kappa shape index (κ2) is 7.01. The SMILES string of the molecule is COC(=O)c1ccnc(NCCCSC)c1N. The summed E-state index contributed by atoms with van der Waals surface area (Å²) in [7, 11) is 1.33. The third-order valence-corrected chi connectivity index (χ3v) is 2.91. The average Bonchev–Trinajstić information content (AvgIpc) is 2.35. The van der Waals surface area contributed by atoms with Crippen LogP contribution in [0, 0.1) is 0 Å². The van der Waals surface area contributed by atoms with Crippen molar-refractivity contribution in [3.8, 4) is 0 Å². The molecule has 0 saturated carbocycles. The maximum atomic E-state index is 11.4. The minimum Gasteiger partial charge on any atom is -0.465 e. The number of nitrogens with one attached hydrogen (secondary N) is 1. The van der Waals surface area contributed by atoms with E-state index in [2.05, 4.69) is 21.3 Å². The summed E-state index contributed by atoms with van der Waals surface area (Å²) in [6.07, 6.45) is 4.62. The Morgan fingerprint density at radius 1 is 1.65 bits per heavy atom. The van der Waals surface area contributed by atoms with E-state index in [-0.39, 0.29) is 0 Å². The van der Waals surface area contributed by atoms with Gasteiger partial charge < -0.3 is 15.8 Å². The fraction of sp³-hybridized carbons (Fsp3) is 0.455. The van der Waals surface area contributed by atoms with Crippen molar-refractivity contribution in [2.75, 3.05) is 36.7 Å². The van der Waals surface area contributed by atoms with Gasteiger partial charge in [0.15, 0.2) is 0 Å². The maximum Gasteiger partial charge on any atom is 0.340 e. The number of hydrogen-bond donors (Lipinski definition) is 2. The summed E-state index contributed by atoms with van der Waals surface area (Å²) in [5, 5.41) is 3.11. The molecule has 1 heterocycles. The number of anilines is 2. The van der Waals surface area contributed by atoms with E-state index < -0.39 is 5.97 Å². The van der Waals surface area contributed by atoms with Crippen LogP contribution in [0.4, 0.5) is 11.5 Å². The number of hydrogen-bond acceptors (Lipinski definition) is 6. The third kappa shape index (κ3) is 3.81. The molecule has 0 atom stereocenters. The molecule has 94 valence electrons. The topological polar surface area (TPSA) is 77.2 Å². The summed E-state index contributed by atoms with van der Waals surface area (Å²) >= 11 is 1.79. The monoisotopic (exact) mass is 255 g/mol. The quantitative estimate of drug-likeness (QED) is 0.594. The highest BCUT2D eigenvalue weighted by molar-refractivity contribution is 7.98. The predicted molar refractivity (Wildman–Crippen MR) is 71.5 cm³/mol. The minimum absolute atomic E-state index is 0.337. The largest absolute Gasteiger partial charge is 0.465 e. The lowest BCUT2D eigenvalue weighted by atomic mass is 10.2. The van der Waals surface area contributed by atoms with E-state index in [0.29, 0.717) is 17.1 Å². The fourth-order valence-electron chi connectivity index (χ4n) is 1.33. The molecule has 0 bridgehead atoms. The number of nitrogens with two attached hydrogens (primary N) is 1. The zero-order chi connectivity index (χ0) is 12.7. The fourth-order valence-corrected chi connectivity index (χ4v) is 1.76. The van der Waals surface area contributed by atoms with Crippen LogP contribution in [0.1, 0.15) is 16.8 Å². The van der Waals surface area contributed by atoms with Gasteiger partial charge in [-0.15, -0.1) is 0 Å². The smallest absolute Gasteiger partial charge is 0.340 e. The van der Waals surface area contributed by atoms with Gasteiger partial charge >= 0.3 is 5.97 Å². The number of carbonyl (C=O) groups is 1. The summed E-state index contributed by atoms with van der Waals surface area (Å²) in [4.78, 5) is 15.5. The van der Waals surface area contributed by atoms with Crippen LogP contribution in [0.3, 0.4) is 0 Å². The van der Waals surface area contributed by atoms with E-state index in [1.54, 1.807) is 24.0 Å². The molecule has 1 aromatic rings. The molecule has 1 rings (SSSR count). The lowest BCUT2D eigenvalue weighted by molar-refractivity contribution is 0.0602. The minimum atomic E-state index is -0.447. The average molecular weight is 255 g/mol. The van der Waals surface area contributed by atoms with E-state index in [1.807, 2.05) is 0 Å². The van der Waals surface area contributed by atoms with Gasteiger partial charge in [0.2, 0.25) is 0 Å². The van der Waals surface area contributed by atoms with Gasteiger partial charge in [0.1, 0.15) is 5.82 Å². The first-order valence-corrected chi connectivity index (χ1v) is 6.65. The Hall–Kier alpha value is -1.43. The summed E-state index contributed by atoms with van der Waals surface area (Å²) in [6.45, 7) is 0.780. The molecular formula is C11H17N3O2S. The first kappa shape index (κ1) is 13.6. The highest BCUT2D eigenvalue weighted by Crippen LogP contribution is 2.20. The number of carbonyl (C=O) groups excluding carboxylic acids is 1. The van der Waals surface area contributed by atoms with Gasteiger partial charge in [0.05, 0.1) is 18.4 Å². The predicted octanol–water partition coefficient (Wildman–Crippen LogP) is 1.62. The van der Waals surface area contributed by atoms with Gasteiger partial charge in [-0.05, 0) is 24.5 Å².